The third kappa shape index (κ3) is 4.57. The van der Waals surface area contributed by atoms with Gasteiger partial charge >= 0.3 is 5.97 Å². The minimum atomic E-state index is -3.23. The molecule has 2 atom stereocenters. The molecule has 0 radical (unpaired) electrons. The van der Waals surface area contributed by atoms with E-state index in [1.54, 1.807) is 23.1 Å². The van der Waals surface area contributed by atoms with Crippen LogP contribution >= 0.6 is 35.0 Å². The highest BCUT2D eigenvalue weighted by atomic mass is 35.5. The number of thioether (sulfide) groups is 1. The second kappa shape index (κ2) is 7.96. The number of hydrogen-bond donors (Lipinski definition) is 1. The van der Waals surface area contributed by atoms with Crippen molar-refractivity contribution in [2.45, 2.75) is 11.3 Å². The van der Waals surface area contributed by atoms with E-state index in [9.17, 15) is 18.0 Å². The van der Waals surface area contributed by atoms with Gasteiger partial charge in [-0.05, 0) is 12.1 Å². The number of carbonyl (C=O) groups is 2. The average Bonchev–Trinajstić information content (AvgIpc) is 2.99. The number of ether oxygens (including phenoxy) is 1. The zero-order chi connectivity index (χ0) is 19.8. The number of sulfone groups is 1. The number of rotatable bonds is 5. The number of amidine groups is 1. The Morgan fingerprint density at radius 3 is 2.56 bits per heavy atom. The number of carbonyl (C=O) groups excluding carboxylic acids is 1. The Hall–Kier alpha value is -1.33. The molecule has 2 saturated heterocycles. The van der Waals surface area contributed by atoms with Crippen molar-refractivity contribution < 1.29 is 27.9 Å². The van der Waals surface area contributed by atoms with E-state index in [-0.39, 0.29) is 21.9 Å². The summed E-state index contributed by atoms with van der Waals surface area (Å²) in [5.74, 6) is -2.02. The van der Waals surface area contributed by atoms with E-state index < -0.39 is 41.0 Å². The quantitative estimate of drug-likeness (QED) is 0.717. The van der Waals surface area contributed by atoms with Crippen molar-refractivity contribution in [1.29, 1.82) is 0 Å². The summed E-state index contributed by atoms with van der Waals surface area (Å²) in [6, 6.07) is 4.42. The zero-order valence-corrected chi connectivity index (χ0v) is 16.8. The first-order valence-corrected chi connectivity index (χ1v) is 11.1. The monoisotopic (exact) mass is 452 g/mol. The normalized spacial score (nSPS) is 25.0. The Morgan fingerprint density at radius 1 is 1.26 bits per heavy atom. The molecule has 0 aliphatic carbocycles. The summed E-state index contributed by atoms with van der Waals surface area (Å²) in [6.45, 7) is -1.12. The summed E-state index contributed by atoms with van der Waals surface area (Å²) in [5.41, 5.74) is 0.385. The average molecular weight is 453 g/mol. The Balaban J connectivity index is 1.92. The Kier molecular flexibility index (Phi) is 6.02. The molecule has 12 heteroatoms. The van der Waals surface area contributed by atoms with Crippen LogP contribution in [0.5, 0.6) is 0 Å². The summed E-state index contributed by atoms with van der Waals surface area (Å²) in [4.78, 5) is 28.1. The molecular weight excluding hydrogens is 439 g/mol. The summed E-state index contributed by atoms with van der Waals surface area (Å²) >= 11 is 13.7. The predicted molar refractivity (Wildman–Crippen MR) is 104 cm³/mol. The van der Waals surface area contributed by atoms with E-state index in [4.69, 9.17) is 33.0 Å². The van der Waals surface area contributed by atoms with Crippen molar-refractivity contribution in [3.05, 3.63) is 28.2 Å². The van der Waals surface area contributed by atoms with E-state index in [1.807, 2.05) is 0 Å². The van der Waals surface area contributed by atoms with Gasteiger partial charge in [-0.2, -0.15) is 4.99 Å². The van der Waals surface area contributed by atoms with Gasteiger partial charge in [-0.3, -0.25) is 4.79 Å². The van der Waals surface area contributed by atoms with Gasteiger partial charge in [0.25, 0.3) is 5.91 Å². The Morgan fingerprint density at radius 2 is 1.93 bits per heavy atom. The number of amides is 1. The lowest BCUT2D eigenvalue weighted by molar-refractivity contribution is -0.143. The number of carboxylic acids is 1. The number of aliphatic carboxylic acids is 1. The molecule has 0 aromatic heterocycles. The number of benzene rings is 1. The lowest BCUT2D eigenvalue weighted by Crippen LogP contribution is -2.38. The van der Waals surface area contributed by atoms with E-state index in [0.717, 1.165) is 11.8 Å². The molecule has 2 fully saturated rings. The molecule has 1 N–H and O–H groups in total. The smallest absolute Gasteiger partial charge is 0.329 e. The highest BCUT2D eigenvalue weighted by Crippen LogP contribution is 2.45. The maximum atomic E-state index is 12.0. The summed E-state index contributed by atoms with van der Waals surface area (Å²) in [5, 5.41) is 9.10. The molecule has 27 heavy (non-hydrogen) atoms. The molecule has 0 saturated carbocycles. The van der Waals surface area contributed by atoms with Crippen LogP contribution in [0.3, 0.4) is 0 Å². The van der Waals surface area contributed by atoms with Crippen molar-refractivity contribution >= 4 is 67.5 Å². The Labute approximate surface area is 169 Å². The lowest BCUT2D eigenvalue weighted by Gasteiger charge is -2.26. The SMILES string of the molecule is O=C(O)COCC(=O)N=C1S[C@@H]2CS(=O)(=O)C[C@H]2N1c1c(Cl)cccc1Cl. The number of aliphatic imine (C=N–C) groups is 1. The number of hydrogen-bond acceptors (Lipinski definition) is 6. The summed E-state index contributed by atoms with van der Waals surface area (Å²) in [7, 11) is -3.23. The van der Waals surface area contributed by atoms with Crippen LogP contribution in [0.1, 0.15) is 0 Å². The van der Waals surface area contributed by atoms with Crippen molar-refractivity contribution in [1.82, 2.24) is 0 Å². The van der Waals surface area contributed by atoms with E-state index in [0.29, 0.717) is 15.7 Å². The minimum absolute atomic E-state index is 0.0381. The van der Waals surface area contributed by atoms with Crippen LogP contribution in [0.25, 0.3) is 0 Å². The van der Waals surface area contributed by atoms with Gasteiger partial charge in [0.1, 0.15) is 13.2 Å². The second-order valence-corrected chi connectivity index (χ2v) is 10.1. The van der Waals surface area contributed by atoms with E-state index >= 15 is 0 Å². The standard InChI is InChI=1S/C15H14Cl2N2O6S2/c16-8-2-1-3-9(17)14(8)19-10-6-27(23,24)7-11(10)26-15(19)18-12(20)4-25-5-13(21)22/h1-3,10-11H,4-7H2,(H,21,22)/t10-,11-/m1/s1. The summed E-state index contributed by atoms with van der Waals surface area (Å²) in [6.07, 6.45) is 0. The van der Waals surface area contributed by atoms with Gasteiger partial charge in [-0.1, -0.05) is 41.0 Å². The number of fused-ring (bicyclic) bond motifs is 1. The molecule has 3 rings (SSSR count). The molecule has 0 spiro atoms. The van der Waals surface area contributed by atoms with Crippen LogP contribution in [-0.2, 0) is 24.2 Å². The van der Waals surface area contributed by atoms with Crippen LogP contribution in [0, 0.1) is 0 Å². The van der Waals surface area contributed by atoms with Crippen molar-refractivity contribution in [2.24, 2.45) is 4.99 Å². The van der Waals surface area contributed by atoms with Crippen LogP contribution in [0.15, 0.2) is 23.2 Å². The molecule has 1 amide bonds. The fourth-order valence-electron chi connectivity index (χ4n) is 2.91. The van der Waals surface area contributed by atoms with Crippen molar-refractivity contribution in [3.63, 3.8) is 0 Å². The van der Waals surface area contributed by atoms with Gasteiger partial charge in [-0.25, -0.2) is 13.2 Å². The number of anilines is 1. The van der Waals surface area contributed by atoms with Crippen LogP contribution in [0.2, 0.25) is 10.0 Å². The van der Waals surface area contributed by atoms with Crippen LogP contribution in [0.4, 0.5) is 5.69 Å². The number of nitrogens with zero attached hydrogens (tertiary/aromatic N) is 2. The minimum Gasteiger partial charge on any atom is -0.480 e. The molecule has 8 nitrogen and oxygen atoms in total. The predicted octanol–water partition coefficient (Wildman–Crippen LogP) is 1.70. The van der Waals surface area contributed by atoms with E-state index in [1.165, 1.54) is 0 Å². The zero-order valence-electron chi connectivity index (χ0n) is 13.7. The molecule has 146 valence electrons. The molecule has 1 aromatic rings. The molecule has 2 heterocycles. The topological polar surface area (TPSA) is 113 Å². The fourth-order valence-corrected chi connectivity index (χ4v) is 7.41. The van der Waals surface area contributed by atoms with Crippen LogP contribution in [-0.4, -0.2) is 66.6 Å². The third-order valence-electron chi connectivity index (χ3n) is 3.92. The molecule has 0 bridgehead atoms. The van der Waals surface area contributed by atoms with Gasteiger partial charge in [0.2, 0.25) is 0 Å². The van der Waals surface area contributed by atoms with Crippen LogP contribution < -0.4 is 4.90 Å². The molecule has 0 unspecified atom stereocenters. The second-order valence-electron chi connectivity index (χ2n) is 5.92. The van der Waals surface area contributed by atoms with Gasteiger partial charge in [0.05, 0.1) is 33.3 Å². The van der Waals surface area contributed by atoms with E-state index in [2.05, 4.69) is 4.99 Å². The number of carboxylic acid groups (broad SMARTS) is 1. The Bertz CT molecular complexity index is 901. The number of para-hydroxylation sites is 1. The largest absolute Gasteiger partial charge is 0.480 e. The maximum Gasteiger partial charge on any atom is 0.329 e. The maximum absolute atomic E-state index is 12.0. The molecule has 1 aromatic carbocycles. The fraction of sp³-hybridized carbons (Fsp3) is 0.400. The molecule has 2 aliphatic rings. The van der Waals surface area contributed by atoms with Gasteiger partial charge < -0.3 is 14.7 Å². The van der Waals surface area contributed by atoms with Crippen molar-refractivity contribution in [2.75, 3.05) is 29.6 Å². The van der Waals surface area contributed by atoms with Gasteiger partial charge in [0, 0.05) is 5.25 Å². The first-order chi connectivity index (χ1) is 12.7. The number of halogens is 2. The lowest BCUT2D eigenvalue weighted by atomic mass is 10.2. The van der Waals surface area contributed by atoms with Gasteiger partial charge in [-0.15, -0.1) is 0 Å². The highest BCUT2D eigenvalue weighted by molar-refractivity contribution is 8.16. The third-order valence-corrected chi connectivity index (χ3v) is 7.74. The van der Waals surface area contributed by atoms with Crippen molar-refractivity contribution in [3.8, 4) is 0 Å². The summed E-state index contributed by atoms with van der Waals surface area (Å²) < 4.78 is 28.8. The first-order valence-electron chi connectivity index (χ1n) is 7.69. The van der Waals surface area contributed by atoms with Gasteiger partial charge in [0.15, 0.2) is 15.0 Å². The molecule has 2 aliphatic heterocycles. The highest BCUT2D eigenvalue weighted by Gasteiger charge is 2.50. The first kappa shape index (κ1) is 20.4. The molecular formula is C15H14Cl2N2O6S2.